The van der Waals surface area contributed by atoms with Gasteiger partial charge in [-0.3, -0.25) is 0 Å². The van der Waals surface area contributed by atoms with Gasteiger partial charge < -0.3 is 20.3 Å². The molecule has 1 heterocycles. The summed E-state index contributed by atoms with van der Waals surface area (Å²) >= 11 is 0. The SMILES string of the molecule is CC(C)(CN[C@@H]1CCN(c2ccccc2)C1)NC(=O)OC(C)(C)C. The number of alkyl carbamates (subject to hydrolysis) is 1. The van der Waals surface area contributed by atoms with Crippen LogP contribution in [0.15, 0.2) is 30.3 Å². The van der Waals surface area contributed by atoms with E-state index < -0.39 is 5.60 Å². The number of amides is 1. The molecule has 2 rings (SSSR count). The molecule has 0 spiro atoms. The van der Waals surface area contributed by atoms with Crippen LogP contribution in [0.1, 0.15) is 41.0 Å². The van der Waals surface area contributed by atoms with Crippen molar-refractivity contribution < 1.29 is 9.53 Å². The number of nitrogens with one attached hydrogen (secondary N) is 2. The number of hydrogen-bond donors (Lipinski definition) is 2. The van der Waals surface area contributed by atoms with Gasteiger partial charge in [-0.1, -0.05) is 18.2 Å². The zero-order valence-electron chi connectivity index (χ0n) is 15.6. The Balaban J connectivity index is 1.77. The molecule has 0 unspecified atom stereocenters. The van der Waals surface area contributed by atoms with Crippen molar-refractivity contribution in [1.29, 1.82) is 0 Å². The van der Waals surface area contributed by atoms with E-state index in [1.807, 2.05) is 40.7 Å². The summed E-state index contributed by atoms with van der Waals surface area (Å²) in [6.45, 7) is 12.4. The number of rotatable bonds is 5. The molecular weight excluding hydrogens is 302 g/mol. The third-order valence-corrected chi connectivity index (χ3v) is 3.98. The molecule has 1 aliphatic rings. The zero-order chi connectivity index (χ0) is 17.8. The maximum atomic E-state index is 11.9. The minimum Gasteiger partial charge on any atom is -0.444 e. The first-order valence-electron chi connectivity index (χ1n) is 8.69. The number of hydrogen-bond acceptors (Lipinski definition) is 4. The fourth-order valence-corrected chi connectivity index (χ4v) is 2.82. The van der Waals surface area contributed by atoms with Gasteiger partial charge in [0.1, 0.15) is 5.60 Å². The zero-order valence-corrected chi connectivity index (χ0v) is 15.6. The molecule has 1 aromatic rings. The Morgan fingerprint density at radius 2 is 1.88 bits per heavy atom. The van der Waals surface area contributed by atoms with Crippen molar-refractivity contribution in [2.75, 3.05) is 24.5 Å². The predicted octanol–water partition coefficient (Wildman–Crippen LogP) is 3.16. The van der Waals surface area contributed by atoms with E-state index in [0.717, 1.165) is 19.5 Å². The lowest BCUT2D eigenvalue weighted by molar-refractivity contribution is 0.0471. The van der Waals surface area contributed by atoms with Crippen molar-refractivity contribution in [3.8, 4) is 0 Å². The average Bonchev–Trinajstić information content (AvgIpc) is 2.92. The number of anilines is 1. The molecule has 1 atom stereocenters. The lowest BCUT2D eigenvalue weighted by Crippen LogP contribution is -2.53. The van der Waals surface area contributed by atoms with Crippen LogP contribution in [0.4, 0.5) is 10.5 Å². The van der Waals surface area contributed by atoms with Gasteiger partial charge in [0, 0.05) is 31.4 Å². The Kier molecular flexibility index (Phi) is 5.75. The van der Waals surface area contributed by atoms with Crippen molar-refractivity contribution in [2.45, 2.75) is 58.2 Å². The molecule has 24 heavy (non-hydrogen) atoms. The summed E-state index contributed by atoms with van der Waals surface area (Å²) in [6, 6.07) is 10.9. The smallest absolute Gasteiger partial charge is 0.408 e. The molecule has 5 nitrogen and oxygen atoms in total. The topological polar surface area (TPSA) is 53.6 Å². The van der Waals surface area contributed by atoms with Crippen molar-refractivity contribution in [3.05, 3.63) is 30.3 Å². The van der Waals surface area contributed by atoms with Gasteiger partial charge in [0.2, 0.25) is 0 Å². The van der Waals surface area contributed by atoms with Crippen LogP contribution >= 0.6 is 0 Å². The molecule has 1 amide bonds. The van der Waals surface area contributed by atoms with Crippen molar-refractivity contribution in [1.82, 2.24) is 10.6 Å². The predicted molar refractivity (Wildman–Crippen MR) is 98.5 cm³/mol. The third kappa shape index (κ3) is 6.04. The van der Waals surface area contributed by atoms with Crippen LogP contribution in [0.2, 0.25) is 0 Å². The third-order valence-electron chi connectivity index (χ3n) is 3.98. The first-order chi connectivity index (χ1) is 11.1. The number of nitrogens with zero attached hydrogens (tertiary/aromatic N) is 1. The standard InChI is InChI=1S/C19H31N3O2/c1-18(2,3)24-17(23)21-19(4,5)14-20-15-11-12-22(13-15)16-9-7-6-8-10-16/h6-10,15,20H,11-14H2,1-5H3,(H,21,23)/t15-/m1/s1. The van der Waals surface area contributed by atoms with Crippen LogP contribution in [0.5, 0.6) is 0 Å². The van der Waals surface area contributed by atoms with E-state index in [4.69, 9.17) is 4.74 Å². The summed E-state index contributed by atoms with van der Waals surface area (Å²) in [5, 5.41) is 6.52. The van der Waals surface area contributed by atoms with Crippen molar-refractivity contribution in [3.63, 3.8) is 0 Å². The summed E-state index contributed by atoms with van der Waals surface area (Å²) in [5.74, 6) is 0. The fraction of sp³-hybridized carbons (Fsp3) is 0.632. The summed E-state index contributed by atoms with van der Waals surface area (Å²) in [7, 11) is 0. The number of carbonyl (C=O) groups is 1. The molecule has 0 saturated carbocycles. The van der Waals surface area contributed by atoms with Crippen LogP contribution in [-0.2, 0) is 4.74 Å². The summed E-state index contributed by atoms with van der Waals surface area (Å²) < 4.78 is 5.33. The quantitative estimate of drug-likeness (QED) is 0.869. The monoisotopic (exact) mass is 333 g/mol. The van der Waals surface area contributed by atoms with Gasteiger partial charge in [0.15, 0.2) is 0 Å². The van der Waals surface area contributed by atoms with E-state index in [1.165, 1.54) is 5.69 Å². The van der Waals surface area contributed by atoms with Crippen LogP contribution in [0.3, 0.4) is 0 Å². The normalized spacial score (nSPS) is 18.5. The van der Waals surface area contributed by atoms with Crippen molar-refractivity contribution >= 4 is 11.8 Å². The fourth-order valence-electron chi connectivity index (χ4n) is 2.82. The van der Waals surface area contributed by atoms with E-state index in [1.54, 1.807) is 0 Å². The van der Waals surface area contributed by atoms with Crippen LogP contribution in [0.25, 0.3) is 0 Å². The number of carbonyl (C=O) groups excluding carboxylic acids is 1. The largest absolute Gasteiger partial charge is 0.444 e. The van der Waals surface area contributed by atoms with Gasteiger partial charge in [-0.25, -0.2) is 4.79 Å². The second-order valence-electron chi connectivity index (χ2n) is 8.16. The molecule has 1 aliphatic heterocycles. The second-order valence-corrected chi connectivity index (χ2v) is 8.16. The molecule has 1 fully saturated rings. The van der Waals surface area contributed by atoms with E-state index in [0.29, 0.717) is 12.6 Å². The summed E-state index contributed by atoms with van der Waals surface area (Å²) in [6.07, 6.45) is 0.740. The van der Waals surface area contributed by atoms with E-state index in [2.05, 4.69) is 39.8 Å². The minimum absolute atomic E-state index is 0.359. The van der Waals surface area contributed by atoms with Gasteiger partial charge in [0.05, 0.1) is 5.54 Å². The van der Waals surface area contributed by atoms with Crippen molar-refractivity contribution in [2.24, 2.45) is 0 Å². The Hall–Kier alpha value is -1.75. The molecule has 5 heteroatoms. The Bertz CT molecular complexity index is 537. The van der Waals surface area contributed by atoms with Gasteiger partial charge in [-0.2, -0.15) is 0 Å². The highest BCUT2D eigenvalue weighted by Crippen LogP contribution is 2.20. The Morgan fingerprint density at radius 1 is 1.21 bits per heavy atom. The lowest BCUT2D eigenvalue weighted by atomic mass is 10.1. The van der Waals surface area contributed by atoms with Crippen LogP contribution in [-0.4, -0.2) is 42.9 Å². The molecule has 1 saturated heterocycles. The molecule has 0 aromatic heterocycles. The van der Waals surface area contributed by atoms with Gasteiger partial charge >= 0.3 is 6.09 Å². The molecule has 0 bridgehead atoms. The molecule has 0 radical (unpaired) electrons. The highest BCUT2D eigenvalue weighted by molar-refractivity contribution is 5.68. The van der Waals surface area contributed by atoms with Crippen LogP contribution < -0.4 is 15.5 Å². The number of benzene rings is 1. The van der Waals surface area contributed by atoms with Crippen LogP contribution in [0, 0.1) is 0 Å². The van der Waals surface area contributed by atoms with E-state index in [9.17, 15) is 4.79 Å². The highest BCUT2D eigenvalue weighted by Gasteiger charge is 2.27. The van der Waals surface area contributed by atoms with E-state index >= 15 is 0 Å². The second kappa shape index (κ2) is 7.43. The number of para-hydroxylation sites is 1. The first kappa shape index (κ1) is 18.6. The Labute approximate surface area is 145 Å². The molecular formula is C19H31N3O2. The van der Waals surface area contributed by atoms with Gasteiger partial charge in [-0.05, 0) is 53.2 Å². The van der Waals surface area contributed by atoms with E-state index in [-0.39, 0.29) is 11.6 Å². The molecule has 0 aliphatic carbocycles. The molecule has 1 aromatic carbocycles. The summed E-state index contributed by atoms with van der Waals surface area (Å²) in [5.41, 5.74) is 0.436. The number of ether oxygens (including phenoxy) is 1. The molecule has 2 N–H and O–H groups in total. The molecule has 134 valence electrons. The maximum Gasteiger partial charge on any atom is 0.408 e. The average molecular weight is 333 g/mol. The Morgan fingerprint density at radius 3 is 2.50 bits per heavy atom. The van der Waals surface area contributed by atoms with Gasteiger partial charge in [-0.15, -0.1) is 0 Å². The maximum absolute atomic E-state index is 11.9. The lowest BCUT2D eigenvalue weighted by Gasteiger charge is -2.30. The summed E-state index contributed by atoms with van der Waals surface area (Å²) in [4.78, 5) is 14.3. The van der Waals surface area contributed by atoms with Gasteiger partial charge in [0.25, 0.3) is 0 Å². The highest BCUT2D eigenvalue weighted by atomic mass is 16.6. The minimum atomic E-state index is -0.477. The first-order valence-corrected chi connectivity index (χ1v) is 8.69.